The summed E-state index contributed by atoms with van der Waals surface area (Å²) in [7, 11) is 0. The van der Waals surface area contributed by atoms with E-state index in [2.05, 4.69) is 46.3 Å². The maximum Gasteiger partial charge on any atom is 0.228 e. The van der Waals surface area contributed by atoms with E-state index >= 15 is 0 Å². The normalized spacial score (nSPS) is 20.9. The molecule has 2 aromatic rings. The van der Waals surface area contributed by atoms with Crippen molar-refractivity contribution in [2.24, 2.45) is 5.41 Å². The average molecular weight is 487 g/mol. The lowest BCUT2D eigenvalue weighted by Gasteiger charge is -2.44. The van der Waals surface area contributed by atoms with Gasteiger partial charge in [0, 0.05) is 62.3 Å². The quantitative estimate of drug-likeness (QED) is 0.668. The molecule has 0 bridgehead atoms. The number of rotatable bonds is 4. The van der Waals surface area contributed by atoms with E-state index in [0.717, 1.165) is 31.7 Å². The summed E-state index contributed by atoms with van der Waals surface area (Å²) in [6.45, 7) is 13.8. The van der Waals surface area contributed by atoms with Crippen LogP contribution >= 0.6 is 11.6 Å². The summed E-state index contributed by atoms with van der Waals surface area (Å²) in [5, 5.41) is 3.79. The van der Waals surface area contributed by atoms with Gasteiger partial charge in [0.2, 0.25) is 5.91 Å². The van der Waals surface area contributed by atoms with Crippen LogP contribution in [0.1, 0.15) is 50.9 Å². The summed E-state index contributed by atoms with van der Waals surface area (Å²) in [5.41, 5.74) is 2.42. The zero-order chi connectivity index (χ0) is 24.5. The zero-order valence-corrected chi connectivity index (χ0v) is 21.4. The van der Waals surface area contributed by atoms with Crippen LogP contribution in [0.2, 0.25) is 5.02 Å². The number of piperazine rings is 2. The topological polar surface area (TPSA) is 38.8 Å². The van der Waals surface area contributed by atoms with E-state index in [1.54, 1.807) is 12.1 Å². The highest BCUT2D eigenvalue weighted by atomic mass is 35.5. The average Bonchev–Trinajstić information content (AvgIpc) is 2.83. The maximum atomic E-state index is 14.9. The molecule has 2 aliphatic rings. The van der Waals surface area contributed by atoms with Gasteiger partial charge >= 0.3 is 0 Å². The molecule has 34 heavy (non-hydrogen) atoms. The molecule has 1 N–H and O–H groups in total. The van der Waals surface area contributed by atoms with E-state index in [1.807, 2.05) is 25.7 Å². The van der Waals surface area contributed by atoms with E-state index in [0.29, 0.717) is 36.4 Å². The first kappa shape index (κ1) is 25.0. The molecule has 7 heteroatoms. The first-order chi connectivity index (χ1) is 16.1. The van der Waals surface area contributed by atoms with Gasteiger partial charge in [-0.1, -0.05) is 56.6 Å². The van der Waals surface area contributed by atoms with Crippen LogP contribution in [-0.4, -0.2) is 61.5 Å². The summed E-state index contributed by atoms with van der Waals surface area (Å²) < 4.78 is 14.9. The number of anilines is 1. The third-order valence-corrected chi connectivity index (χ3v) is 7.27. The van der Waals surface area contributed by atoms with E-state index in [4.69, 9.17) is 11.6 Å². The molecular formula is C27H36ClFN4O. The number of hydrogen-bond donors (Lipinski definition) is 1. The molecule has 0 spiro atoms. The van der Waals surface area contributed by atoms with Gasteiger partial charge in [0.1, 0.15) is 5.82 Å². The van der Waals surface area contributed by atoms with Gasteiger partial charge in [-0.15, -0.1) is 0 Å². The monoisotopic (exact) mass is 486 g/mol. The molecule has 2 aliphatic heterocycles. The Hall–Kier alpha value is -2.15. The fraction of sp³-hybridized carbons (Fsp3) is 0.519. The number of amides is 1. The zero-order valence-electron chi connectivity index (χ0n) is 20.7. The maximum absolute atomic E-state index is 14.9. The summed E-state index contributed by atoms with van der Waals surface area (Å²) in [4.78, 5) is 19.6. The smallest absolute Gasteiger partial charge is 0.228 e. The summed E-state index contributed by atoms with van der Waals surface area (Å²) in [6.07, 6.45) is 0. The Balaban J connectivity index is 1.62. The number of carbonyl (C=O) groups is 1. The summed E-state index contributed by atoms with van der Waals surface area (Å²) in [6, 6.07) is 13.7. The summed E-state index contributed by atoms with van der Waals surface area (Å²) in [5.74, 6) is -0.213. The van der Waals surface area contributed by atoms with Crippen molar-refractivity contribution in [2.45, 2.75) is 39.8 Å². The Bertz CT molecular complexity index is 1000. The van der Waals surface area contributed by atoms with Gasteiger partial charge in [0.05, 0.1) is 11.7 Å². The second-order valence-corrected chi connectivity index (χ2v) is 10.9. The van der Waals surface area contributed by atoms with Crippen LogP contribution in [0, 0.1) is 11.2 Å². The van der Waals surface area contributed by atoms with Crippen molar-refractivity contribution in [1.29, 1.82) is 0 Å². The molecule has 0 saturated carbocycles. The van der Waals surface area contributed by atoms with Crippen LogP contribution in [0.15, 0.2) is 42.5 Å². The third-order valence-electron chi connectivity index (χ3n) is 7.03. The fourth-order valence-electron chi connectivity index (χ4n) is 5.01. The predicted octanol–water partition coefficient (Wildman–Crippen LogP) is 4.88. The molecule has 5 nitrogen and oxygen atoms in total. The van der Waals surface area contributed by atoms with E-state index in [1.165, 1.54) is 11.6 Å². The molecule has 0 aliphatic carbocycles. The molecular weight excluding hydrogens is 451 g/mol. The Morgan fingerprint density at radius 1 is 1.06 bits per heavy atom. The van der Waals surface area contributed by atoms with Gasteiger partial charge in [0.15, 0.2) is 0 Å². The SMILES string of the molecule is CC(c1ccc([C@@H]2CN(C(=O)C(C)(C)C)CCN2c2ccc(Cl)cc2F)cc1)N1CCNCC1. The van der Waals surface area contributed by atoms with Crippen molar-refractivity contribution >= 4 is 23.2 Å². The molecule has 2 saturated heterocycles. The van der Waals surface area contributed by atoms with Crippen molar-refractivity contribution in [3.05, 3.63) is 64.4 Å². The standard InChI is InChI=1S/C27H36ClFN4O/c1-19(31-13-11-30-12-14-31)20-5-7-21(8-6-20)25-18-32(26(34)27(2,3)4)15-16-33(25)24-10-9-22(28)17-23(24)29/h5-10,17,19,25,30H,11-16,18H2,1-4H3/t19?,25-/m0/s1. The molecule has 1 unspecified atom stereocenters. The Labute approximate surface area is 207 Å². The molecule has 0 radical (unpaired) electrons. The molecule has 4 rings (SSSR count). The predicted molar refractivity (Wildman–Crippen MR) is 137 cm³/mol. The molecule has 2 aromatic carbocycles. The minimum atomic E-state index is -0.458. The van der Waals surface area contributed by atoms with E-state index in [-0.39, 0.29) is 17.8 Å². The summed E-state index contributed by atoms with van der Waals surface area (Å²) >= 11 is 6.02. The lowest BCUT2D eigenvalue weighted by Crippen LogP contribution is -2.53. The number of nitrogens with one attached hydrogen (secondary N) is 1. The van der Waals surface area contributed by atoms with Crippen molar-refractivity contribution in [1.82, 2.24) is 15.1 Å². The molecule has 1 amide bonds. The van der Waals surface area contributed by atoms with Crippen LogP contribution in [0.5, 0.6) is 0 Å². The third kappa shape index (κ3) is 5.40. The molecule has 2 atom stereocenters. The Kier molecular flexibility index (Phi) is 7.51. The van der Waals surface area contributed by atoms with Gasteiger partial charge < -0.3 is 15.1 Å². The number of carbonyl (C=O) groups excluding carboxylic acids is 1. The highest BCUT2D eigenvalue weighted by Gasteiger charge is 2.36. The second-order valence-electron chi connectivity index (χ2n) is 10.4. The molecule has 184 valence electrons. The second kappa shape index (κ2) is 10.2. The van der Waals surface area contributed by atoms with Crippen LogP contribution < -0.4 is 10.2 Å². The first-order valence-corrected chi connectivity index (χ1v) is 12.6. The number of nitrogens with zero attached hydrogens (tertiary/aromatic N) is 3. The van der Waals surface area contributed by atoms with Crippen molar-refractivity contribution in [2.75, 3.05) is 50.7 Å². The van der Waals surface area contributed by atoms with Crippen LogP contribution in [0.3, 0.4) is 0 Å². The molecule has 0 aromatic heterocycles. The number of hydrogen-bond acceptors (Lipinski definition) is 4. The lowest BCUT2D eigenvalue weighted by molar-refractivity contribution is -0.140. The Morgan fingerprint density at radius 3 is 2.35 bits per heavy atom. The number of benzene rings is 2. The fourth-order valence-corrected chi connectivity index (χ4v) is 5.17. The molecule has 2 heterocycles. The first-order valence-electron chi connectivity index (χ1n) is 12.2. The minimum absolute atomic E-state index is 0.123. The van der Waals surface area contributed by atoms with Crippen LogP contribution in [-0.2, 0) is 4.79 Å². The van der Waals surface area contributed by atoms with Crippen LogP contribution in [0.4, 0.5) is 10.1 Å². The van der Waals surface area contributed by atoms with Gasteiger partial charge in [0.25, 0.3) is 0 Å². The lowest BCUT2D eigenvalue weighted by atomic mass is 9.92. The van der Waals surface area contributed by atoms with Crippen molar-refractivity contribution in [3.63, 3.8) is 0 Å². The van der Waals surface area contributed by atoms with Gasteiger partial charge in [-0.25, -0.2) is 4.39 Å². The van der Waals surface area contributed by atoms with Gasteiger partial charge in [-0.3, -0.25) is 9.69 Å². The van der Waals surface area contributed by atoms with Crippen molar-refractivity contribution < 1.29 is 9.18 Å². The van der Waals surface area contributed by atoms with Crippen LogP contribution in [0.25, 0.3) is 0 Å². The highest BCUT2D eigenvalue weighted by molar-refractivity contribution is 6.30. The van der Waals surface area contributed by atoms with Crippen molar-refractivity contribution in [3.8, 4) is 0 Å². The largest absolute Gasteiger partial charge is 0.359 e. The van der Waals surface area contributed by atoms with E-state index < -0.39 is 5.41 Å². The van der Waals surface area contributed by atoms with Gasteiger partial charge in [-0.2, -0.15) is 0 Å². The minimum Gasteiger partial charge on any atom is -0.359 e. The number of halogens is 2. The highest BCUT2D eigenvalue weighted by Crippen LogP contribution is 2.35. The van der Waals surface area contributed by atoms with Gasteiger partial charge in [-0.05, 0) is 36.2 Å². The molecule has 2 fully saturated rings. The van der Waals surface area contributed by atoms with E-state index in [9.17, 15) is 9.18 Å². The Morgan fingerprint density at radius 2 is 1.74 bits per heavy atom.